The van der Waals surface area contributed by atoms with Crippen LogP contribution in [0.1, 0.15) is 11.1 Å². The van der Waals surface area contributed by atoms with Crippen molar-refractivity contribution in [3.05, 3.63) is 59.7 Å². The molecule has 0 spiro atoms. The molecule has 136 valence electrons. The first-order valence-electron chi connectivity index (χ1n) is 9.20. The summed E-state index contributed by atoms with van der Waals surface area (Å²) in [7, 11) is 2.13. The number of oxime groups is 1. The fourth-order valence-corrected chi connectivity index (χ4v) is 3.66. The van der Waals surface area contributed by atoms with Crippen molar-refractivity contribution in [2.75, 3.05) is 46.4 Å². The zero-order valence-corrected chi connectivity index (χ0v) is 15.1. The van der Waals surface area contributed by atoms with E-state index in [0.717, 1.165) is 43.0 Å². The number of β-amino-alcohol motifs (C(OH)–C–C–N with tert-alkyl or cyclic N) is 1. The van der Waals surface area contributed by atoms with Gasteiger partial charge in [-0.3, -0.25) is 4.90 Å². The van der Waals surface area contributed by atoms with Gasteiger partial charge in [0.2, 0.25) is 0 Å². The molecule has 0 amide bonds. The zero-order chi connectivity index (χ0) is 17.9. The lowest BCUT2D eigenvalue weighted by Gasteiger charge is -2.33. The first-order valence-corrected chi connectivity index (χ1v) is 9.20. The van der Waals surface area contributed by atoms with Crippen LogP contribution in [0.3, 0.4) is 0 Å². The Kier molecular flexibility index (Phi) is 5.02. The van der Waals surface area contributed by atoms with E-state index < -0.39 is 6.10 Å². The molecule has 0 unspecified atom stereocenters. The van der Waals surface area contributed by atoms with E-state index in [0.29, 0.717) is 6.54 Å². The van der Waals surface area contributed by atoms with Crippen LogP contribution in [0, 0.1) is 0 Å². The number of benzene rings is 2. The minimum absolute atomic E-state index is 0.209. The molecule has 1 atom stereocenters. The largest absolute Gasteiger partial charge is 0.392 e. The highest BCUT2D eigenvalue weighted by atomic mass is 16.6. The van der Waals surface area contributed by atoms with E-state index in [1.807, 2.05) is 24.3 Å². The Bertz CT molecular complexity index is 750. The number of hydrogen-bond donors (Lipinski definition) is 1. The molecule has 1 aliphatic carbocycles. The summed E-state index contributed by atoms with van der Waals surface area (Å²) in [5.41, 5.74) is 5.39. The van der Waals surface area contributed by atoms with Gasteiger partial charge in [0, 0.05) is 43.9 Å². The molecule has 5 nitrogen and oxygen atoms in total. The molecule has 2 aliphatic rings. The Hall–Kier alpha value is -2.21. The summed E-state index contributed by atoms with van der Waals surface area (Å²) in [6.45, 7) is 4.91. The molecule has 0 aromatic heterocycles. The van der Waals surface area contributed by atoms with Crippen molar-refractivity contribution < 1.29 is 9.94 Å². The number of hydrogen-bond acceptors (Lipinski definition) is 5. The average molecular weight is 351 g/mol. The number of aliphatic hydroxyl groups is 1. The van der Waals surface area contributed by atoms with Crippen LogP contribution in [0.4, 0.5) is 0 Å². The van der Waals surface area contributed by atoms with E-state index in [1.54, 1.807) is 0 Å². The Morgan fingerprint density at radius 3 is 2.04 bits per heavy atom. The molecule has 5 heteroatoms. The van der Waals surface area contributed by atoms with Gasteiger partial charge in [0.05, 0.1) is 0 Å². The molecule has 2 aromatic carbocycles. The molecule has 1 fully saturated rings. The maximum Gasteiger partial charge on any atom is 0.144 e. The zero-order valence-electron chi connectivity index (χ0n) is 15.1. The summed E-state index contributed by atoms with van der Waals surface area (Å²) in [4.78, 5) is 10.1. The van der Waals surface area contributed by atoms with Gasteiger partial charge in [-0.15, -0.1) is 0 Å². The Balaban J connectivity index is 1.41. The quantitative estimate of drug-likeness (QED) is 0.715. The second-order valence-electron chi connectivity index (χ2n) is 7.08. The maximum absolute atomic E-state index is 10.3. The van der Waals surface area contributed by atoms with Crippen LogP contribution < -0.4 is 0 Å². The van der Waals surface area contributed by atoms with E-state index >= 15 is 0 Å². The van der Waals surface area contributed by atoms with Crippen LogP contribution in [-0.2, 0) is 4.84 Å². The van der Waals surface area contributed by atoms with Crippen molar-refractivity contribution in [1.29, 1.82) is 0 Å². The average Bonchev–Trinajstić information content (AvgIpc) is 2.98. The molecule has 0 saturated carbocycles. The smallest absolute Gasteiger partial charge is 0.144 e. The van der Waals surface area contributed by atoms with Crippen molar-refractivity contribution in [2.45, 2.75) is 6.10 Å². The van der Waals surface area contributed by atoms with Crippen LogP contribution >= 0.6 is 0 Å². The molecule has 0 radical (unpaired) electrons. The van der Waals surface area contributed by atoms with Gasteiger partial charge in [0.1, 0.15) is 18.4 Å². The third kappa shape index (κ3) is 3.51. The normalized spacial score (nSPS) is 18.3. The van der Waals surface area contributed by atoms with Gasteiger partial charge in [-0.25, -0.2) is 0 Å². The highest BCUT2D eigenvalue weighted by Crippen LogP contribution is 2.36. The van der Waals surface area contributed by atoms with Crippen molar-refractivity contribution in [1.82, 2.24) is 9.80 Å². The third-order valence-electron chi connectivity index (χ3n) is 5.14. The molecule has 0 bridgehead atoms. The highest BCUT2D eigenvalue weighted by molar-refractivity contribution is 6.24. The molecule has 2 aromatic rings. The number of likely N-dealkylation sites (N-methyl/N-ethyl adjacent to an activating group) is 1. The maximum atomic E-state index is 10.3. The van der Waals surface area contributed by atoms with Crippen LogP contribution in [0.5, 0.6) is 0 Å². The van der Waals surface area contributed by atoms with Crippen LogP contribution in [0.2, 0.25) is 0 Å². The predicted molar refractivity (Wildman–Crippen MR) is 103 cm³/mol. The lowest BCUT2D eigenvalue weighted by atomic mass is 10.1. The molecule has 1 aliphatic heterocycles. The van der Waals surface area contributed by atoms with Gasteiger partial charge in [-0.1, -0.05) is 53.7 Å². The highest BCUT2D eigenvalue weighted by Gasteiger charge is 2.24. The van der Waals surface area contributed by atoms with Crippen molar-refractivity contribution in [3.8, 4) is 11.1 Å². The summed E-state index contributed by atoms with van der Waals surface area (Å²) in [5, 5.41) is 14.7. The first-order chi connectivity index (χ1) is 12.7. The number of aliphatic hydroxyl groups excluding tert-OH is 1. The van der Waals surface area contributed by atoms with Crippen LogP contribution in [-0.4, -0.2) is 73.1 Å². The number of fused-ring (bicyclic) bond motifs is 3. The fraction of sp³-hybridized carbons (Fsp3) is 0.381. The first kappa shape index (κ1) is 17.2. The molecule has 1 N–H and O–H groups in total. The molecule has 1 saturated heterocycles. The lowest BCUT2D eigenvalue weighted by molar-refractivity contribution is 0.0110. The number of nitrogens with zero attached hydrogens (tertiary/aromatic N) is 3. The van der Waals surface area contributed by atoms with E-state index in [1.165, 1.54) is 11.1 Å². The standard InChI is InChI=1S/C21H25N3O2/c1-23-10-12-24(13-11-23)14-16(25)15-26-22-21-19-8-4-2-6-17(19)18-7-3-5-9-20(18)21/h2-9,16,25H,10-15H2,1H3/t16-/m0/s1. The minimum Gasteiger partial charge on any atom is -0.392 e. The van der Waals surface area contributed by atoms with Gasteiger partial charge in [-0.2, -0.15) is 0 Å². The summed E-state index contributed by atoms with van der Waals surface area (Å²) >= 11 is 0. The Morgan fingerprint density at radius 2 is 1.46 bits per heavy atom. The number of rotatable bonds is 5. The van der Waals surface area contributed by atoms with Gasteiger partial charge in [0.15, 0.2) is 0 Å². The van der Waals surface area contributed by atoms with Gasteiger partial charge < -0.3 is 14.8 Å². The van der Waals surface area contributed by atoms with E-state index in [9.17, 15) is 5.11 Å². The molecule has 4 rings (SSSR count). The Labute approximate surface area is 154 Å². The van der Waals surface area contributed by atoms with Crippen LogP contribution in [0.15, 0.2) is 53.7 Å². The molecule has 1 heterocycles. The Morgan fingerprint density at radius 1 is 0.923 bits per heavy atom. The monoisotopic (exact) mass is 351 g/mol. The minimum atomic E-state index is -0.533. The lowest BCUT2D eigenvalue weighted by Crippen LogP contribution is -2.47. The SMILES string of the molecule is CN1CCN(C[C@H](O)CON=C2c3ccccc3-c3ccccc32)CC1. The number of piperazine rings is 1. The van der Waals surface area contributed by atoms with Crippen molar-refractivity contribution >= 4 is 5.71 Å². The van der Waals surface area contributed by atoms with E-state index in [4.69, 9.17) is 4.84 Å². The fourth-order valence-electron chi connectivity index (χ4n) is 3.66. The molecular weight excluding hydrogens is 326 g/mol. The molecular formula is C21H25N3O2. The third-order valence-corrected chi connectivity index (χ3v) is 5.14. The van der Waals surface area contributed by atoms with Gasteiger partial charge in [0.25, 0.3) is 0 Å². The van der Waals surface area contributed by atoms with Crippen LogP contribution in [0.25, 0.3) is 11.1 Å². The van der Waals surface area contributed by atoms with E-state index in [2.05, 4.69) is 46.3 Å². The van der Waals surface area contributed by atoms with Gasteiger partial charge >= 0.3 is 0 Å². The van der Waals surface area contributed by atoms with Crippen molar-refractivity contribution in [3.63, 3.8) is 0 Å². The van der Waals surface area contributed by atoms with Crippen molar-refractivity contribution in [2.24, 2.45) is 5.16 Å². The predicted octanol–water partition coefficient (Wildman–Crippen LogP) is 2.04. The van der Waals surface area contributed by atoms with E-state index in [-0.39, 0.29) is 6.61 Å². The summed E-state index contributed by atoms with van der Waals surface area (Å²) in [5.74, 6) is 0. The second kappa shape index (κ2) is 7.58. The summed E-state index contributed by atoms with van der Waals surface area (Å²) in [6.07, 6.45) is -0.533. The van der Waals surface area contributed by atoms with Gasteiger partial charge in [-0.05, 0) is 18.2 Å². The summed E-state index contributed by atoms with van der Waals surface area (Å²) < 4.78 is 0. The summed E-state index contributed by atoms with van der Waals surface area (Å²) in [6, 6.07) is 16.5. The molecule has 26 heavy (non-hydrogen) atoms. The second-order valence-corrected chi connectivity index (χ2v) is 7.08. The topological polar surface area (TPSA) is 48.3 Å².